The molecule has 0 saturated heterocycles. The fourth-order valence-electron chi connectivity index (χ4n) is 2.92. The summed E-state index contributed by atoms with van der Waals surface area (Å²) < 4.78 is 0. The quantitative estimate of drug-likeness (QED) is 0.871. The fraction of sp³-hybridized carbons (Fsp3) is 0.533. The molecule has 0 aliphatic heterocycles. The molecule has 0 bridgehead atoms. The highest BCUT2D eigenvalue weighted by Crippen LogP contribution is 2.41. The van der Waals surface area contributed by atoms with Gasteiger partial charge in [-0.2, -0.15) is 0 Å². The molecule has 1 saturated carbocycles. The molecular weight excluding hydrogens is 260 g/mol. The van der Waals surface area contributed by atoms with Crippen LogP contribution >= 0.6 is 11.6 Å². The lowest BCUT2D eigenvalue weighted by Crippen LogP contribution is -2.39. The maximum Gasteiger partial charge on any atom is 0.221 e. The van der Waals surface area contributed by atoms with Crippen LogP contribution in [0.5, 0.6) is 0 Å². The van der Waals surface area contributed by atoms with Crippen LogP contribution in [-0.4, -0.2) is 19.0 Å². The zero-order valence-corrected chi connectivity index (χ0v) is 11.9. The average molecular weight is 281 g/mol. The SMILES string of the molecule is NCCC(=O)NCC1(c2cccc(Cl)c2)CCCC1. The van der Waals surface area contributed by atoms with Gasteiger partial charge in [-0.25, -0.2) is 0 Å². The topological polar surface area (TPSA) is 55.1 Å². The zero-order chi connectivity index (χ0) is 13.7. The van der Waals surface area contributed by atoms with Gasteiger partial charge in [-0.05, 0) is 30.5 Å². The van der Waals surface area contributed by atoms with E-state index in [1.165, 1.54) is 18.4 Å². The number of carbonyl (C=O) groups is 1. The van der Waals surface area contributed by atoms with Crippen LogP contribution in [0.25, 0.3) is 0 Å². The van der Waals surface area contributed by atoms with E-state index in [4.69, 9.17) is 17.3 Å². The van der Waals surface area contributed by atoms with Gasteiger partial charge in [0.25, 0.3) is 0 Å². The number of carbonyl (C=O) groups excluding carboxylic acids is 1. The molecule has 1 aliphatic carbocycles. The first-order chi connectivity index (χ1) is 9.16. The standard InChI is InChI=1S/C15H21ClN2O/c16-13-5-3-4-12(10-13)15(7-1-2-8-15)11-18-14(19)6-9-17/h3-5,10H,1-2,6-9,11,17H2,(H,18,19). The lowest BCUT2D eigenvalue weighted by Gasteiger charge is -2.30. The third kappa shape index (κ3) is 3.48. The van der Waals surface area contributed by atoms with Crippen molar-refractivity contribution in [2.24, 2.45) is 5.73 Å². The number of nitrogens with two attached hydrogens (primary N) is 1. The van der Waals surface area contributed by atoms with Crippen LogP contribution < -0.4 is 11.1 Å². The molecule has 3 nitrogen and oxygen atoms in total. The smallest absolute Gasteiger partial charge is 0.221 e. The van der Waals surface area contributed by atoms with Gasteiger partial charge >= 0.3 is 0 Å². The molecule has 104 valence electrons. The molecule has 0 radical (unpaired) electrons. The van der Waals surface area contributed by atoms with Crippen LogP contribution in [-0.2, 0) is 10.2 Å². The molecule has 1 aromatic rings. The Balaban J connectivity index is 2.12. The van der Waals surface area contributed by atoms with Gasteiger partial charge in [0, 0.05) is 29.9 Å². The number of benzene rings is 1. The normalized spacial score (nSPS) is 17.4. The van der Waals surface area contributed by atoms with Crippen molar-refractivity contribution >= 4 is 17.5 Å². The van der Waals surface area contributed by atoms with Crippen molar-refractivity contribution in [2.45, 2.75) is 37.5 Å². The van der Waals surface area contributed by atoms with Crippen molar-refractivity contribution in [3.63, 3.8) is 0 Å². The van der Waals surface area contributed by atoms with Crippen LogP contribution in [0, 0.1) is 0 Å². The first-order valence-corrected chi connectivity index (χ1v) is 7.27. The number of rotatable bonds is 5. The first-order valence-electron chi connectivity index (χ1n) is 6.89. The fourth-order valence-corrected chi connectivity index (χ4v) is 3.12. The van der Waals surface area contributed by atoms with Crippen LogP contribution in [0.2, 0.25) is 5.02 Å². The van der Waals surface area contributed by atoms with Crippen molar-refractivity contribution in [1.29, 1.82) is 0 Å². The summed E-state index contributed by atoms with van der Waals surface area (Å²) in [6, 6.07) is 8.02. The average Bonchev–Trinajstić information content (AvgIpc) is 2.87. The van der Waals surface area contributed by atoms with Crippen molar-refractivity contribution in [3.05, 3.63) is 34.9 Å². The van der Waals surface area contributed by atoms with Gasteiger partial charge in [0.1, 0.15) is 0 Å². The Morgan fingerprint density at radius 1 is 1.37 bits per heavy atom. The summed E-state index contributed by atoms with van der Waals surface area (Å²) in [5, 5.41) is 3.78. The highest BCUT2D eigenvalue weighted by atomic mass is 35.5. The number of amides is 1. The Morgan fingerprint density at radius 2 is 2.11 bits per heavy atom. The van der Waals surface area contributed by atoms with E-state index < -0.39 is 0 Å². The summed E-state index contributed by atoms with van der Waals surface area (Å²) in [7, 11) is 0. The van der Waals surface area contributed by atoms with E-state index in [0.29, 0.717) is 19.5 Å². The highest BCUT2D eigenvalue weighted by Gasteiger charge is 2.35. The Hall–Kier alpha value is -1.06. The molecule has 1 aliphatic rings. The second-order valence-corrected chi connectivity index (χ2v) is 5.75. The van der Waals surface area contributed by atoms with Gasteiger partial charge in [-0.3, -0.25) is 4.79 Å². The van der Waals surface area contributed by atoms with E-state index in [0.717, 1.165) is 17.9 Å². The number of halogens is 1. The van der Waals surface area contributed by atoms with E-state index >= 15 is 0 Å². The molecule has 1 amide bonds. The maximum atomic E-state index is 11.6. The predicted molar refractivity (Wildman–Crippen MR) is 78.3 cm³/mol. The molecule has 0 spiro atoms. The molecule has 1 aromatic carbocycles. The van der Waals surface area contributed by atoms with Crippen molar-refractivity contribution in [1.82, 2.24) is 5.32 Å². The number of hydrogen-bond donors (Lipinski definition) is 2. The minimum Gasteiger partial charge on any atom is -0.355 e. The van der Waals surface area contributed by atoms with Gasteiger partial charge in [0.05, 0.1) is 0 Å². The number of nitrogens with one attached hydrogen (secondary N) is 1. The molecule has 4 heteroatoms. The summed E-state index contributed by atoms with van der Waals surface area (Å²) in [6.45, 7) is 1.09. The molecule has 3 N–H and O–H groups in total. The molecule has 2 rings (SSSR count). The lowest BCUT2D eigenvalue weighted by atomic mass is 9.79. The molecular formula is C15H21ClN2O. The summed E-state index contributed by atoms with van der Waals surface area (Å²) >= 11 is 6.09. The summed E-state index contributed by atoms with van der Waals surface area (Å²) in [5.74, 6) is 0.0378. The summed E-state index contributed by atoms with van der Waals surface area (Å²) in [4.78, 5) is 11.6. The second-order valence-electron chi connectivity index (χ2n) is 5.31. The Kier molecular flexibility index (Phi) is 4.83. The Bertz CT molecular complexity index is 442. The third-order valence-corrected chi connectivity index (χ3v) is 4.23. The van der Waals surface area contributed by atoms with E-state index in [-0.39, 0.29) is 11.3 Å². The van der Waals surface area contributed by atoms with E-state index in [9.17, 15) is 4.79 Å². The highest BCUT2D eigenvalue weighted by molar-refractivity contribution is 6.30. The predicted octanol–water partition coefficient (Wildman–Crippen LogP) is 2.62. The maximum absolute atomic E-state index is 11.6. The second kappa shape index (κ2) is 6.40. The van der Waals surface area contributed by atoms with E-state index in [2.05, 4.69) is 11.4 Å². The molecule has 1 fully saturated rings. The molecule has 19 heavy (non-hydrogen) atoms. The minimum absolute atomic E-state index is 0.0378. The monoisotopic (exact) mass is 280 g/mol. The molecule has 0 heterocycles. The minimum atomic E-state index is 0.0378. The largest absolute Gasteiger partial charge is 0.355 e. The molecule has 0 aromatic heterocycles. The first kappa shape index (κ1) is 14.4. The van der Waals surface area contributed by atoms with Crippen molar-refractivity contribution in [2.75, 3.05) is 13.1 Å². The summed E-state index contributed by atoms with van der Waals surface area (Å²) in [5.41, 5.74) is 6.69. The number of hydrogen-bond acceptors (Lipinski definition) is 2. The van der Waals surface area contributed by atoms with Gasteiger partial charge in [-0.15, -0.1) is 0 Å². The van der Waals surface area contributed by atoms with Gasteiger partial charge < -0.3 is 11.1 Å². The van der Waals surface area contributed by atoms with Gasteiger partial charge in [0.2, 0.25) is 5.91 Å². The molecule has 0 unspecified atom stereocenters. The molecule has 0 atom stereocenters. The lowest BCUT2D eigenvalue weighted by molar-refractivity contribution is -0.121. The summed E-state index contributed by atoms with van der Waals surface area (Å²) in [6.07, 6.45) is 5.02. The van der Waals surface area contributed by atoms with Crippen LogP contribution in [0.15, 0.2) is 24.3 Å². The van der Waals surface area contributed by atoms with E-state index in [1.54, 1.807) is 0 Å². The van der Waals surface area contributed by atoms with Crippen molar-refractivity contribution < 1.29 is 4.79 Å². The Labute approximate surface area is 119 Å². The zero-order valence-electron chi connectivity index (χ0n) is 11.1. The van der Waals surface area contributed by atoms with Crippen LogP contribution in [0.3, 0.4) is 0 Å². The van der Waals surface area contributed by atoms with E-state index in [1.807, 2.05) is 18.2 Å². The van der Waals surface area contributed by atoms with Crippen LogP contribution in [0.1, 0.15) is 37.7 Å². The van der Waals surface area contributed by atoms with Crippen LogP contribution in [0.4, 0.5) is 0 Å². The van der Waals surface area contributed by atoms with Crippen molar-refractivity contribution in [3.8, 4) is 0 Å². The van der Waals surface area contributed by atoms with Gasteiger partial charge in [-0.1, -0.05) is 36.6 Å². The third-order valence-electron chi connectivity index (χ3n) is 3.99. The van der Waals surface area contributed by atoms with Gasteiger partial charge in [0.15, 0.2) is 0 Å². The Morgan fingerprint density at radius 3 is 2.74 bits per heavy atom.